The molecule has 14 heavy (non-hydrogen) atoms. The third kappa shape index (κ3) is 1.64. The highest BCUT2D eigenvalue weighted by atomic mass is 16.5. The van der Waals surface area contributed by atoms with Gasteiger partial charge in [0.05, 0.1) is 12.1 Å². The second-order valence-corrected chi connectivity index (χ2v) is 4.56. The Bertz CT molecular complexity index is 234. The van der Waals surface area contributed by atoms with E-state index >= 15 is 0 Å². The van der Waals surface area contributed by atoms with Gasteiger partial charge in [-0.05, 0) is 26.7 Å². The molecule has 0 radical (unpaired) electrons. The van der Waals surface area contributed by atoms with Crippen LogP contribution in [0.4, 0.5) is 0 Å². The average Bonchev–Trinajstić information content (AvgIpc) is 2.71. The molecule has 0 bridgehead atoms. The molecule has 0 spiro atoms. The number of hydrogen-bond donors (Lipinski definition) is 0. The summed E-state index contributed by atoms with van der Waals surface area (Å²) in [5.41, 5.74) is -0.178. The van der Waals surface area contributed by atoms with E-state index < -0.39 is 0 Å². The summed E-state index contributed by atoms with van der Waals surface area (Å²) in [6.45, 7) is 5.78. The van der Waals surface area contributed by atoms with Crippen molar-refractivity contribution in [2.45, 2.75) is 38.3 Å². The van der Waals surface area contributed by atoms with E-state index in [9.17, 15) is 4.79 Å². The van der Waals surface area contributed by atoms with Gasteiger partial charge in [-0.15, -0.1) is 0 Å². The van der Waals surface area contributed by atoms with Crippen molar-refractivity contribution < 1.29 is 14.3 Å². The lowest BCUT2D eigenvalue weighted by atomic mass is 10.0. The highest BCUT2D eigenvalue weighted by Crippen LogP contribution is 2.25. The third-order valence-electron chi connectivity index (χ3n) is 2.88. The van der Waals surface area contributed by atoms with Crippen LogP contribution in [0.2, 0.25) is 0 Å². The van der Waals surface area contributed by atoms with Crippen molar-refractivity contribution in [2.75, 3.05) is 19.9 Å². The Morgan fingerprint density at radius 2 is 2.29 bits per heavy atom. The molecule has 2 heterocycles. The predicted octanol–water partition coefficient (Wildman–Crippen LogP) is 0.760. The first-order valence-electron chi connectivity index (χ1n) is 5.12. The minimum atomic E-state index is -0.226. The van der Waals surface area contributed by atoms with Gasteiger partial charge in [-0.25, -0.2) is 0 Å². The van der Waals surface area contributed by atoms with Crippen molar-refractivity contribution >= 4 is 5.91 Å². The molecular weight excluding hydrogens is 182 g/mol. The Hall–Kier alpha value is -0.610. The molecule has 0 aromatic carbocycles. The predicted molar refractivity (Wildman–Crippen MR) is 50.7 cm³/mol. The van der Waals surface area contributed by atoms with E-state index in [1.807, 2.05) is 13.8 Å². The van der Waals surface area contributed by atoms with Crippen LogP contribution < -0.4 is 0 Å². The fourth-order valence-electron chi connectivity index (χ4n) is 1.95. The van der Waals surface area contributed by atoms with E-state index in [1.54, 1.807) is 4.90 Å². The van der Waals surface area contributed by atoms with Gasteiger partial charge in [0, 0.05) is 6.61 Å². The number of ether oxygens (including phenoxy) is 2. The van der Waals surface area contributed by atoms with Crippen LogP contribution >= 0.6 is 0 Å². The first-order chi connectivity index (χ1) is 6.61. The summed E-state index contributed by atoms with van der Waals surface area (Å²) in [7, 11) is 0. The van der Waals surface area contributed by atoms with Gasteiger partial charge in [0.25, 0.3) is 5.91 Å². The lowest BCUT2D eigenvalue weighted by Crippen LogP contribution is -2.48. The van der Waals surface area contributed by atoms with Crippen molar-refractivity contribution in [1.82, 2.24) is 4.90 Å². The van der Waals surface area contributed by atoms with Gasteiger partial charge < -0.3 is 14.4 Å². The van der Waals surface area contributed by atoms with E-state index in [0.29, 0.717) is 19.9 Å². The monoisotopic (exact) mass is 199 g/mol. The second kappa shape index (κ2) is 3.51. The van der Waals surface area contributed by atoms with Crippen LogP contribution in [-0.4, -0.2) is 42.4 Å². The molecule has 0 aromatic heterocycles. The first kappa shape index (κ1) is 9.93. The molecule has 4 nitrogen and oxygen atoms in total. The number of rotatable bonds is 1. The summed E-state index contributed by atoms with van der Waals surface area (Å²) in [5.74, 6) is 0.0880. The Balaban J connectivity index is 2.03. The van der Waals surface area contributed by atoms with Gasteiger partial charge in [0.15, 0.2) is 0 Å². The summed E-state index contributed by atoms with van der Waals surface area (Å²) in [6, 6.07) is 0. The molecule has 1 atom stereocenters. The Morgan fingerprint density at radius 1 is 1.50 bits per heavy atom. The highest BCUT2D eigenvalue weighted by molar-refractivity contribution is 5.82. The zero-order valence-corrected chi connectivity index (χ0v) is 8.78. The molecule has 80 valence electrons. The highest BCUT2D eigenvalue weighted by Gasteiger charge is 2.40. The fourth-order valence-corrected chi connectivity index (χ4v) is 1.95. The van der Waals surface area contributed by atoms with E-state index in [0.717, 1.165) is 12.8 Å². The van der Waals surface area contributed by atoms with Crippen molar-refractivity contribution in [3.05, 3.63) is 0 Å². The average molecular weight is 199 g/mol. The van der Waals surface area contributed by atoms with E-state index in [2.05, 4.69) is 0 Å². The largest absolute Gasteiger partial charge is 0.368 e. The standard InChI is InChI=1S/C10H17NO3/c1-10(2)6-13-7-11(10)9(12)8-4-3-5-14-8/h8H,3-7H2,1-2H3. The van der Waals surface area contributed by atoms with Gasteiger partial charge in [-0.2, -0.15) is 0 Å². The molecule has 2 fully saturated rings. The third-order valence-corrected chi connectivity index (χ3v) is 2.88. The number of carbonyl (C=O) groups excluding carboxylic acids is 1. The number of hydrogen-bond acceptors (Lipinski definition) is 3. The van der Waals surface area contributed by atoms with Crippen molar-refractivity contribution in [3.8, 4) is 0 Å². The molecule has 0 aliphatic carbocycles. The number of amides is 1. The van der Waals surface area contributed by atoms with Crippen LogP contribution in [0.1, 0.15) is 26.7 Å². The summed E-state index contributed by atoms with van der Waals surface area (Å²) >= 11 is 0. The van der Waals surface area contributed by atoms with Gasteiger partial charge in [-0.1, -0.05) is 0 Å². The molecule has 4 heteroatoms. The normalized spacial score (nSPS) is 31.0. The van der Waals surface area contributed by atoms with E-state index in [1.165, 1.54) is 0 Å². The Kier molecular flexibility index (Phi) is 2.49. The summed E-state index contributed by atoms with van der Waals surface area (Å²) in [4.78, 5) is 13.8. The zero-order chi connectivity index (χ0) is 10.2. The summed E-state index contributed by atoms with van der Waals surface area (Å²) < 4.78 is 10.7. The Labute approximate surface area is 84.2 Å². The van der Waals surface area contributed by atoms with Crippen molar-refractivity contribution in [2.24, 2.45) is 0 Å². The molecule has 2 rings (SSSR count). The molecule has 0 aromatic rings. The van der Waals surface area contributed by atoms with Gasteiger partial charge >= 0.3 is 0 Å². The molecule has 1 unspecified atom stereocenters. The molecule has 0 N–H and O–H groups in total. The maximum Gasteiger partial charge on any atom is 0.254 e. The van der Waals surface area contributed by atoms with Gasteiger partial charge in [0.2, 0.25) is 0 Å². The van der Waals surface area contributed by atoms with Crippen molar-refractivity contribution in [3.63, 3.8) is 0 Å². The molecule has 0 saturated carbocycles. The van der Waals surface area contributed by atoms with Crippen LogP contribution in [0.3, 0.4) is 0 Å². The topological polar surface area (TPSA) is 38.8 Å². The fraction of sp³-hybridized carbons (Fsp3) is 0.900. The minimum Gasteiger partial charge on any atom is -0.368 e. The summed E-state index contributed by atoms with van der Waals surface area (Å²) in [5, 5.41) is 0. The lowest BCUT2D eigenvalue weighted by molar-refractivity contribution is -0.145. The van der Waals surface area contributed by atoms with Crippen molar-refractivity contribution in [1.29, 1.82) is 0 Å². The van der Waals surface area contributed by atoms with Crippen LogP contribution in [0, 0.1) is 0 Å². The van der Waals surface area contributed by atoms with Crippen LogP contribution in [0.15, 0.2) is 0 Å². The SMILES string of the molecule is CC1(C)COCN1C(=O)C1CCCO1. The smallest absolute Gasteiger partial charge is 0.254 e. The first-order valence-corrected chi connectivity index (χ1v) is 5.12. The molecule has 1 amide bonds. The molecule has 2 aliphatic heterocycles. The maximum absolute atomic E-state index is 12.0. The zero-order valence-electron chi connectivity index (χ0n) is 8.78. The van der Waals surface area contributed by atoms with E-state index in [4.69, 9.17) is 9.47 Å². The van der Waals surface area contributed by atoms with Gasteiger partial charge in [-0.3, -0.25) is 4.79 Å². The number of carbonyl (C=O) groups is 1. The number of nitrogens with zero attached hydrogens (tertiary/aromatic N) is 1. The van der Waals surface area contributed by atoms with Crippen LogP contribution in [-0.2, 0) is 14.3 Å². The summed E-state index contributed by atoms with van der Waals surface area (Å²) in [6.07, 6.45) is 1.62. The van der Waals surface area contributed by atoms with Crippen LogP contribution in [0.5, 0.6) is 0 Å². The van der Waals surface area contributed by atoms with Gasteiger partial charge in [0.1, 0.15) is 12.8 Å². The molecule has 2 saturated heterocycles. The molecular formula is C10H17NO3. The maximum atomic E-state index is 12.0. The van der Waals surface area contributed by atoms with Crippen LogP contribution in [0.25, 0.3) is 0 Å². The Morgan fingerprint density at radius 3 is 2.79 bits per heavy atom. The second-order valence-electron chi connectivity index (χ2n) is 4.56. The lowest BCUT2D eigenvalue weighted by Gasteiger charge is -2.30. The minimum absolute atomic E-state index is 0.0880. The quantitative estimate of drug-likeness (QED) is 0.626. The molecule has 2 aliphatic rings. The van der Waals surface area contributed by atoms with E-state index in [-0.39, 0.29) is 17.6 Å².